The molecule has 0 radical (unpaired) electrons. The fourth-order valence-corrected chi connectivity index (χ4v) is 4.19. The standard InChI is InChI=1S/C12H17NO2S/c1-9-3-2-4-11(7-9)16(14,15)12-6-5-10(13)8-12/h2-4,7,10,12H,5-6,8,13H2,1H3. The summed E-state index contributed by atoms with van der Waals surface area (Å²) in [6.45, 7) is 1.90. The van der Waals surface area contributed by atoms with Gasteiger partial charge in [0.15, 0.2) is 9.84 Å². The van der Waals surface area contributed by atoms with E-state index in [1.54, 1.807) is 18.2 Å². The molecule has 2 atom stereocenters. The van der Waals surface area contributed by atoms with Crippen LogP contribution >= 0.6 is 0 Å². The Balaban J connectivity index is 2.32. The lowest BCUT2D eigenvalue weighted by molar-refractivity contribution is 0.578. The van der Waals surface area contributed by atoms with Crippen molar-refractivity contribution < 1.29 is 8.42 Å². The molecule has 0 aliphatic heterocycles. The summed E-state index contributed by atoms with van der Waals surface area (Å²) in [4.78, 5) is 0.437. The molecule has 16 heavy (non-hydrogen) atoms. The number of aryl methyl sites for hydroxylation is 1. The normalized spacial score (nSPS) is 25.9. The first-order valence-electron chi connectivity index (χ1n) is 5.56. The van der Waals surface area contributed by atoms with E-state index in [9.17, 15) is 8.42 Å². The van der Waals surface area contributed by atoms with Crippen molar-refractivity contribution in [1.82, 2.24) is 0 Å². The van der Waals surface area contributed by atoms with Crippen LogP contribution in [0.1, 0.15) is 24.8 Å². The predicted molar refractivity (Wildman–Crippen MR) is 64.0 cm³/mol. The second-order valence-electron chi connectivity index (χ2n) is 4.56. The Morgan fingerprint density at radius 2 is 2.06 bits per heavy atom. The van der Waals surface area contributed by atoms with Gasteiger partial charge in [0.25, 0.3) is 0 Å². The fraction of sp³-hybridized carbons (Fsp3) is 0.500. The average Bonchev–Trinajstić information content (AvgIpc) is 2.65. The quantitative estimate of drug-likeness (QED) is 0.853. The molecule has 0 bridgehead atoms. The highest BCUT2D eigenvalue weighted by atomic mass is 32.2. The third kappa shape index (κ3) is 2.13. The van der Waals surface area contributed by atoms with Crippen LogP contribution in [0.5, 0.6) is 0 Å². The lowest BCUT2D eigenvalue weighted by Gasteiger charge is -2.11. The van der Waals surface area contributed by atoms with Crippen molar-refractivity contribution in [2.24, 2.45) is 5.73 Å². The molecule has 1 saturated carbocycles. The minimum absolute atomic E-state index is 0.0459. The van der Waals surface area contributed by atoms with Gasteiger partial charge in [-0.1, -0.05) is 12.1 Å². The Bertz CT molecular complexity index is 482. The maximum atomic E-state index is 12.3. The molecule has 1 fully saturated rings. The highest BCUT2D eigenvalue weighted by molar-refractivity contribution is 7.92. The predicted octanol–water partition coefficient (Wildman–Crippen LogP) is 1.65. The topological polar surface area (TPSA) is 60.2 Å². The van der Waals surface area contributed by atoms with Gasteiger partial charge in [0, 0.05) is 6.04 Å². The van der Waals surface area contributed by atoms with E-state index in [2.05, 4.69) is 0 Å². The summed E-state index contributed by atoms with van der Waals surface area (Å²) >= 11 is 0. The smallest absolute Gasteiger partial charge is 0.181 e. The summed E-state index contributed by atoms with van der Waals surface area (Å²) in [6.07, 6.45) is 2.10. The van der Waals surface area contributed by atoms with Crippen molar-refractivity contribution in [3.05, 3.63) is 29.8 Å². The van der Waals surface area contributed by atoms with E-state index in [1.165, 1.54) is 0 Å². The molecule has 1 aromatic carbocycles. The molecule has 2 rings (SSSR count). The van der Waals surface area contributed by atoms with Gasteiger partial charge in [-0.05, 0) is 43.9 Å². The lowest BCUT2D eigenvalue weighted by atomic mass is 10.2. The van der Waals surface area contributed by atoms with E-state index in [-0.39, 0.29) is 11.3 Å². The Morgan fingerprint density at radius 1 is 1.31 bits per heavy atom. The molecule has 88 valence electrons. The van der Waals surface area contributed by atoms with Crippen molar-refractivity contribution in [2.45, 2.75) is 42.4 Å². The minimum Gasteiger partial charge on any atom is -0.328 e. The van der Waals surface area contributed by atoms with Crippen molar-refractivity contribution in [1.29, 1.82) is 0 Å². The summed E-state index contributed by atoms with van der Waals surface area (Å²) in [5, 5.41) is -0.288. The van der Waals surface area contributed by atoms with Gasteiger partial charge >= 0.3 is 0 Å². The van der Waals surface area contributed by atoms with E-state index in [0.29, 0.717) is 17.7 Å². The molecular formula is C12H17NO2S. The molecule has 3 nitrogen and oxygen atoms in total. The van der Waals surface area contributed by atoms with Gasteiger partial charge < -0.3 is 5.73 Å². The van der Waals surface area contributed by atoms with Crippen LogP contribution < -0.4 is 5.73 Å². The van der Waals surface area contributed by atoms with Gasteiger partial charge in [0.2, 0.25) is 0 Å². The molecule has 2 unspecified atom stereocenters. The molecule has 1 aliphatic carbocycles. The Morgan fingerprint density at radius 3 is 2.62 bits per heavy atom. The maximum absolute atomic E-state index is 12.3. The lowest BCUT2D eigenvalue weighted by Crippen LogP contribution is -2.22. The van der Waals surface area contributed by atoms with Gasteiger partial charge in [0.05, 0.1) is 10.1 Å². The number of nitrogens with two attached hydrogens (primary N) is 1. The zero-order chi connectivity index (χ0) is 11.8. The van der Waals surface area contributed by atoms with Crippen LogP contribution in [0.4, 0.5) is 0 Å². The molecule has 0 spiro atoms. The summed E-state index contributed by atoms with van der Waals surface area (Å²) in [7, 11) is -3.17. The molecule has 0 amide bonds. The zero-order valence-electron chi connectivity index (χ0n) is 9.39. The monoisotopic (exact) mass is 239 g/mol. The van der Waals surface area contributed by atoms with Crippen LogP contribution in [0.15, 0.2) is 29.2 Å². The van der Waals surface area contributed by atoms with E-state index < -0.39 is 9.84 Å². The fourth-order valence-electron chi connectivity index (χ4n) is 2.24. The SMILES string of the molecule is Cc1cccc(S(=O)(=O)C2CCC(N)C2)c1. The highest BCUT2D eigenvalue weighted by Crippen LogP contribution is 2.29. The van der Waals surface area contributed by atoms with E-state index in [4.69, 9.17) is 5.73 Å². The number of benzene rings is 1. The average molecular weight is 239 g/mol. The van der Waals surface area contributed by atoms with Crippen molar-refractivity contribution in [2.75, 3.05) is 0 Å². The van der Waals surface area contributed by atoms with Crippen LogP contribution in [0.3, 0.4) is 0 Å². The third-order valence-corrected chi connectivity index (χ3v) is 5.40. The van der Waals surface area contributed by atoms with Crippen LogP contribution in [-0.4, -0.2) is 19.7 Å². The maximum Gasteiger partial charge on any atom is 0.181 e. The van der Waals surface area contributed by atoms with E-state index in [0.717, 1.165) is 12.0 Å². The summed E-state index contributed by atoms with van der Waals surface area (Å²) in [5.74, 6) is 0. The Kier molecular flexibility index (Phi) is 3.04. The summed E-state index contributed by atoms with van der Waals surface area (Å²) in [5.41, 5.74) is 6.74. The molecule has 2 N–H and O–H groups in total. The Labute approximate surface area is 96.6 Å². The first-order chi connectivity index (χ1) is 7.50. The van der Waals surface area contributed by atoms with Gasteiger partial charge in [0.1, 0.15) is 0 Å². The van der Waals surface area contributed by atoms with Crippen LogP contribution in [0, 0.1) is 6.92 Å². The molecule has 0 aromatic heterocycles. The van der Waals surface area contributed by atoms with E-state index >= 15 is 0 Å². The second kappa shape index (κ2) is 4.18. The van der Waals surface area contributed by atoms with Crippen molar-refractivity contribution >= 4 is 9.84 Å². The van der Waals surface area contributed by atoms with Crippen molar-refractivity contribution in [3.8, 4) is 0 Å². The largest absolute Gasteiger partial charge is 0.328 e. The second-order valence-corrected chi connectivity index (χ2v) is 6.78. The number of hydrogen-bond acceptors (Lipinski definition) is 3. The molecule has 4 heteroatoms. The van der Waals surface area contributed by atoms with Crippen molar-refractivity contribution in [3.63, 3.8) is 0 Å². The highest BCUT2D eigenvalue weighted by Gasteiger charge is 2.33. The van der Waals surface area contributed by atoms with Gasteiger partial charge in [-0.2, -0.15) is 0 Å². The molecule has 1 aromatic rings. The molecule has 1 aliphatic rings. The number of sulfone groups is 1. The first-order valence-corrected chi connectivity index (χ1v) is 7.11. The van der Waals surface area contributed by atoms with E-state index in [1.807, 2.05) is 13.0 Å². The number of rotatable bonds is 2. The van der Waals surface area contributed by atoms with Crippen LogP contribution in [0.2, 0.25) is 0 Å². The van der Waals surface area contributed by atoms with Gasteiger partial charge in [-0.25, -0.2) is 8.42 Å². The zero-order valence-corrected chi connectivity index (χ0v) is 10.2. The van der Waals surface area contributed by atoms with Crippen LogP contribution in [0.25, 0.3) is 0 Å². The summed E-state index contributed by atoms with van der Waals surface area (Å²) in [6, 6.07) is 7.14. The van der Waals surface area contributed by atoms with Gasteiger partial charge in [-0.15, -0.1) is 0 Å². The Hall–Kier alpha value is -0.870. The first kappa shape index (κ1) is 11.6. The number of hydrogen-bond donors (Lipinski definition) is 1. The van der Waals surface area contributed by atoms with Crippen LogP contribution in [-0.2, 0) is 9.84 Å². The van der Waals surface area contributed by atoms with Gasteiger partial charge in [-0.3, -0.25) is 0 Å². The molecular weight excluding hydrogens is 222 g/mol. The summed E-state index contributed by atoms with van der Waals surface area (Å²) < 4.78 is 24.6. The third-order valence-electron chi connectivity index (χ3n) is 3.18. The minimum atomic E-state index is -3.17. The molecule has 0 saturated heterocycles. The molecule has 0 heterocycles.